The fraction of sp³-hybridized carbons (Fsp3) is 0.0172. The maximum Gasteiger partial charge on any atom is 0.417 e. The van der Waals surface area contributed by atoms with E-state index in [1.54, 1.807) is 18.2 Å². The number of rotatable bonds is 5. The maximum absolute atomic E-state index is 14.8. The first kappa shape index (κ1) is 37.6. The number of halogens is 4. The molecule has 0 aliphatic heterocycles. The summed E-state index contributed by atoms with van der Waals surface area (Å²) in [7, 11) is 0. The number of aromatic nitrogens is 3. The van der Waals surface area contributed by atoms with Gasteiger partial charge in [-0.2, -0.15) is 13.2 Å². The SMILES string of the molecule is FC(F)(F)c1cc(Cl)c(-n2c3ccc4c5cc(-c6ccccc6)c(-c6ccccc6)cc5c5ccc(c3c45)n3c4cc(-c5ccccc5)c(-c5ccccc5)cc4nc23)c2ccccc12. The molecule has 0 saturated carbocycles. The molecule has 65 heavy (non-hydrogen) atoms. The summed E-state index contributed by atoms with van der Waals surface area (Å²) in [4.78, 5) is 5.44. The van der Waals surface area contributed by atoms with Crippen molar-refractivity contribution in [3.05, 3.63) is 211 Å². The largest absolute Gasteiger partial charge is 0.417 e. The third kappa shape index (κ3) is 5.60. The van der Waals surface area contributed by atoms with E-state index in [-0.39, 0.29) is 10.4 Å². The minimum Gasteiger partial charge on any atom is -0.277 e. The highest BCUT2D eigenvalue weighted by Gasteiger charge is 2.35. The number of hydrogen-bond acceptors (Lipinski definition) is 1. The Hall–Kier alpha value is -7.93. The molecule has 11 aromatic carbocycles. The van der Waals surface area contributed by atoms with Gasteiger partial charge in [-0.05, 0) is 114 Å². The number of nitrogens with zero attached hydrogens (tertiary/aromatic N) is 3. The Balaban J connectivity index is 1.23. The summed E-state index contributed by atoms with van der Waals surface area (Å²) in [6.45, 7) is 0. The average Bonchev–Trinajstić information content (AvgIpc) is 3.88. The molecule has 7 heteroatoms. The van der Waals surface area contributed by atoms with Gasteiger partial charge in [0, 0.05) is 16.2 Å². The molecule has 0 atom stereocenters. The van der Waals surface area contributed by atoms with Crippen LogP contribution in [0.1, 0.15) is 5.56 Å². The predicted molar refractivity (Wildman–Crippen MR) is 262 cm³/mol. The van der Waals surface area contributed by atoms with Gasteiger partial charge in [0.05, 0.1) is 38.3 Å². The van der Waals surface area contributed by atoms with E-state index >= 15 is 0 Å². The van der Waals surface area contributed by atoms with Crippen molar-refractivity contribution >= 4 is 82.5 Å². The molecular weight excluding hydrogens is 831 g/mol. The number of benzene rings is 10. The molecule has 2 heterocycles. The smallest absolute Gasteiger partial charge is 0.277 e. The second-order valence-electron chi connectivity index (χ2n) is 16.7. The minimum atomic E-state index is -4.63. The van der Waals surface area contributed by atoms with Gasteiger partial charge in [-0.3, -0.25) is 8.97 Å². The Morgan fingerprint density at radius 3 is 1.38 bits per heavy atom. The summed E-state index contributed by atoms with van der Waals surface area (Å²) >= 11 is 7.21. The molecule has 13 aromatic rings. The van der Waals surface area contributed by atoms with Crippen LogP contribution in [0.2, 0.25) is 5.02 Å². The van der Waals surface area contributed by atoms with Crippen LogP contribution in [0.4, 0.5) is 13.2 Å². The highest BCUT2D eigenvalue weighted by atomic mass is 35.5. The van der Waals surface area contributed by atoms with E-state index in [0.717, 1.165) is 105 Å². The molecule has 0 bridgehead atoms. The Bertz CT molecular complexity index is 3950. The zero-order valence-corrected chi connectivity index (χ0v) is 35.2. The van der Waals surface area contributed by atoms with E-state index in [1.165, 1.54) is 6.07 Å². The molecule has 2 aromatic heterocycles. The highest BCUT2D eigenvalue weighted by molar-refractivity contribution is 6.37. The standard InChI is InChI=1S/C58H33ClF3N3/c59-49-33-48(58(60,61)62)38-23-13-14-24-41(38)56(49)65-52-28-26-40-47-30-43(35-17-7-2-8-18-35)42(34-15-5-1-6-16-34)29-46(47)39-25-27-51(55(52)54(39)40)64-53-32-45(37-21-11-4-12-22-37)44(31-50(53)63-57(64)65)36-19-9-3-10-20-36/h1-33H. The van der Waals surface area contributed by atoms with Crippen molar-refractivity contribution in [2.45, 2.75) is 6.18 Å². The van der Waals surface area contributed by atoms with Crippen molar-refractivity contribution < 1.29 is 13.2 Å². The molecule has 308 valence electrons. The Labute approximate surface area is 375 Å². The van der Waals surface area contributed by atoms with Crippen LogP contribution in [0, 0.1) is 0 Å². The first-order valence-corrected chi connectivity index (χ1v) is 21.9. The van der Waals surface area contributed by atoms with Crippen LogP contribution in [0.3, 0.4) is 0 Å². The van der Waals surface area contributed by atoms with Crippen LogP contribution < -0.4 is 0 Å². The van der Waals surface area contributed by atoms with Gasteiger partial charge in [0.15, 0.2) is 0 Å². The monoisotopic (exact) mass is 863 g/mol. The number of fused-ring (bicyclic) bond motifs is 8. The van der Waals surface area contributed by atoms with Crippen molar-refractivity contribution in [2.24, 2.45) is 0 Å². The third-order valence-electron chi connectivity index (χ3n) is 13.2. The first-order chi connectivity index (χ1) is 31.8. The van der Waals surface area contributed by atoms with Crippen molar-refractivity contribution in [1.82, 2.24) is 14.0 Å². The highest BCUT2D eigenvalue weighted by Crippen LogP contribution is 2.49. The van der Waals surface area contributed by atoms with Gasteiger partial charge in [-0.15, -0.1) is 0 Å². The maximum atomic E-state index is 14.8. The van der Waals surface area contributed by atoms with Crippen molar-refractivity contribution in [3.8, 4) is 50.2 Å². The predicted octanol–water partition coefficient (Wildman–Crippen LogP) is 16.8. The molecule has 0 radical (unpaired) electrons. The molecule has 13 rings (SSSR count). The molecule has 0 N–H and O–H groups in total. The second-order valence-corrected chi connectivity index (χ2v) is 17.1. The Kier molecular flexibility index (Phi) is 8.12. The normalized spacial score (nSPS) is 12.3. The number of alkyl halides is 3. The minimum absolute atomic E-state index is 0.0282. The molecule has 0 saturated heterocycles. The van der Waals surface area contributed by atoms with E-state index < -0.39 is 11.7 Å². The van der Waals surface area contributed by atoms with Crippen molar-refractivity contribution in [2.75, 3.05) is 0 Å². The average molecular weight is 864 g/mol. The lowest BCUT2D eigenvalue weighted by molar-refractivity contribution is -0.136. The van der Waals surface area contributed by atoms with Crippen LogP contribution in [0.15, 0.2) is 200 Å². The van der Waals surface area contributed by atoms with E-state index in [1.807, 2.05) is 53.1 Å². The summed E-state index contributed by atoms with van der Waals surface area (Å²) in [6, 6.07) is 66.9. The van der Waals surface area contributed by atoms with E-state index in [9.17, 15) is 13.2 Å². The van der Waals surface area contributed by atoms with Gasteiger partial charge >= 0.3 is 6.18 Å². The lowest BCUT2D eigenvalue weighted by atomic mass is 9.92. The number of hydrogen-bond donors (Lipinski definition) is 0. The molecular formula is C58H33ClF3N3. The lowest BCUT2D eigenvalue weighted by Gasteiger charge is -2.21. The van der Waals surface area contributed by atoms with Crippen molar-refractivity contribution in [1.29, 1.82) is 0 Å². The van der Waals surface area contributed by atoms with Crippen LogP contribution in [-0.4, -0.2) is 14.0 Å². The molecule has 0 unspecified atom stereocenters. The van der Waals surface area contributed by atoms with Crippen LogP contribution in [0.5, 0.6) is 0 Å². The van der Waals surface area contributed by atoms with Crippen LogP contribution in [0.25, 0.3) is 121 Å². The topological polar surface area (TPSA) is 22.2 Å². The van der Waals surface area contributed by atoms with Gasteiger partial charge < -0.3 is 0 Å². The van der Waals surface area contributed by atoms with E-state index in [2.05, 4.69) is 126 Å². The van der Waals surface area contributed by atoms with Crippen LogP contribution >= 0.6 is 11.6 Å². The quantitative estimate of drug-likeness (QED) is 0.169. The summed E-state index contributed by atoms with van der Waals surface area (Å²) < 4.78 is 48.5. The van der Waals surface area contributed by atoms with Gasteiger partial charge in [0.1, 0.15) is 0 Å². The van der Waals surface area contributed by atoms with Crippen LogP contribution in [-0.2, 0) is 6.18 Å². The fourth-order valence-electron chi connectivity index (χ4n) is 10.4. The molecule has 0 amide bonds. The molecule has 0 fully saturated rings. The third-order valence-corrected chi connectivity index (χ3v) is 13.4. The summed E-state index contributed by atoms with van der Waals surface area (Å²) in [6.07, 6.45) is -4.63. The van der Waals surface area contributed by atoms with Crippen molar-refractivity contribution in [3.63, 3.8) is 0 Å². The Morgan fingerprint density at radius 1 is 0.400 bits per heavy atom. The molecule has 0 spiro atoms. The fourth-order valence-corrected chi connectivity index (χ4v) is 10.7. The molecule has 3 nitrogen and oxygen atoms in total. The molecule has 0 aliphatic rings. The van der Waals surface area contributed by atoms with E-state index in [4.69, 9.17) is 16.6 Å². The summed E-state index contributed by atoms with van der Waals surface area (Å²) in [5.41, 5.74) is 11.6. The van der Waals surface area contributed by atoms with Gasteiger partial charge in [0.25, 0.3) is 0 Å². The van der Waals surface area contributed by atoms with Gasteiger partial charge in [0.2, 0.25) is 5.78 Å². The summed E-state index contributed by atoms with van der Waals surface area (Å²) in [5.74, 6) is 0.528. The second kappa shape index (κ2) is 14.0. The van der Waals surface area contributed by atoms with Gasteiger partial charge in [-0.25, -0.2) is 4.98 Å². The Morgan fingerprint density at radius 2 is 0.862 bits per heavy atom. The zero-order valence-electron chi connectivity index (χ0n) is 34.4. The summed E-state index contributed by atoms with van der Waals surface area (Å²) in [5, 5.41) is 6.83. The molecule has 0 aliphatic carbocycles. The zero-order chi connectivity index (χ0) is 43.6. The number of imidazole rings is 1. The lowest BCUT2D eigenvalue weighted by Crippen LogP contribution is -2.10. The van der Waals surface area contributed by atoms with E-state index in [0.29, 0.717) is 16.9 Å². The van der Waals surface area contributed by atoms with Gasteiger partial charge in [-0.1, -0.05) is 169 Å². The first-order valence-electron chi connectivity index (χ1n) is 21.5.